The second-order valence-electron chi connectivity index (χ2n) is 4.82. The Kier molecular flexibility index (Phi) is 5.17. The van der Waals surface area contributed by atoms with Gasteiger partial charge in [-0.25, -0.2) is 0 Å². The molecular weight excluding hydrogens is 294 g/mol. The number of rotatable bonds is 4. The van der Waals surface area contributed by atoms with Gasteiger partial charge in [-0.15, -0.1) is 0 Å². The first kappa shape index (κ1) is 15.8. The third kappa shape index (κ3) is 3.72. The number of hydrogen-bond acceptors (Lipinski definition) is 4. The number of methoxy groups -OCH3 is 1. The van der Waals surface area contributed by atoms with Crippen LogP contribution < -0.4 is 16.0 Å². The van der Waals surface area contributed by atoms with Gasteiger partial charge in [0.1, 0.15) is 0 Å². The Morgan fingerprint density at radius 2 is 2.19 bits per heavy atom. The molecule has 2 amide bonds. The molecule has 0 aliphatic carbocycles. The molecular formula is C14H18ClN3O3. The Hall–Kier alpha value is -1.63. The van der Waals surface area contributed by atoms with Crippen molar-refractivity contribution in [2.24, 2.45) is 0 Å². The highest BCUT2D eigenvalue weighted by Crippen LogP contribution is 2.21. The normalized spacial score (nSPS) is 21.1. The molecule has 0 bridgehead atoms. The molecule has 0 saturated carbocycles. The predicted octanol–water partition coefficient (Wildman–Crippen LogP) is 1.02. The Balaban J connectivity index is 2.06. The zero-order valence-corrected chi connectivity index (χ0v) is 12.7. The summed E-state index contributed by atoms with van der Waals surface area (Å²) in [7, 11) is 3.15. The fourth-order valence-electron chi connectivity index (χ4n) is 2.22. The highest BCUT2D eigenvalue weighted by atomic mass is 35.5. The standard InChI is InChI=1S/C14H18ClN3O3/c1-16-13(19)10-5-8(3-4-11(10)15)18-14(20)12-6-9(21-2)7-17-12/h3-5,9,12,17H,6-7H2,1-2H3,(H,16,19)(H,18,20). The van der Waals surface area contributed by atoms with Gasteiger partial charge in [0.2, 0.25) is 5.91 Å². The van der Waals surface area contributed by atoms with Crippen molar-refractivity contribution < 1.29 is 14.3 Å². The van der Waals surface area contributed by atoms with Crippen molar-refractivity contribution in [1.29, 1.82) is 0 Å². The molecule has 2 atom stereocenters. The molecule has 114 valence electrons. The van der Waals surface area contributed by atoms with E-state index in [1.54, 1.807) is 25.3 Å². The summed E-state index contributed by atoms with van der Waals surface area (Å²) in [5.41, 5.74) is 0.858. The molecule has 0 radical (unpaired) electrons. The fourth-order valence-corrected chi connectivity index (χ4v) is 2.43. The molecule has 0 aromatic heterocycles. The second kappa shape index (κ2) is 6.89. The van der Waals surface area contributed by atoms with Gasteiger partial charge in [-0.1, -0.05) is 11.6 Å². The van der Waals surface area contributed by atoms with E-state index in [4.69, 9.17) is 16.3 Å². The van der Waals surface area contributed by atoms with Gasteiger partial charge >= 0.3 is 0 Å². The van der Waals surface area contributed by atoms with E-state index >= 15 is 0 Å². The van der Waals surface area contributed by atoms with E-state index in [-0.39, 0.29) is 24.0 Å². The SMILES string of the molecule is CNC(=O)c1cc(NC(=O)C2CC(OC)CN2)ccc1Cl. The van der Waals surface area contributed by atoms with Crippen LogP contribution in [0.4, 0.5) is 5.69 Å². The van der Waals surface area contributed by atoms with Crippen LogP contribution in [0, 0.1) is 0 Å². The molecule has 7 heteroatoms. The molecule has 21 heavy (non-hydrogen) atoms. The molecule has 3 N–H and O–H groups in total. The highest BCUT2D eigenvalue weighted by Gasteiger charge is 2.29. The molecule has 0 spiro atoms. The van der Waals surface area contributed by atoms with E-state index < -0.39 is 0 Å². The van der Waals surface area contributed by atoms with Gasteiger partial charge in [-0.2, -0.15) is 0 Å². The zero-order valence-electron chi connectivity index (χ0n) is 11.9. The maximum atomic E-state index is 12.1. The lowest BCUT2D eigenvalue weighted by molar-refractivity contribution is -0.118. The highest BCUT2D eigenvalue weighted by molar-refractivity contribution is 6.34. The Morgan fingerprint density at radius 3 is 2.81 bits per heavy atom. The van der Waals surface area contributed by atoms with Crippen LogP contribution in [0.1, 0.15) is 16.8 Å². The minimum Gasteiger partial charge on any atom is -0.380 e. The predicted molar refractivity (Wildman–Crippen MR) is 80.7 cm³/mol. The lowest BCUT2D eigenvalue weighted by Crippen LogP contribution is -2.35. The minimum atomic E-state index is -0.297. The number of carbonyl (C=O) groups is 2. The van der Waals surface area contributed by atoms with Gasteiger partial charge in [-0.3, -0.25) is 9.59 Å². The van der Waals surface area contributed by atoms with Crippen LogP contribution in [-0.4, -0.2) is 44.7 Å². The van der Waals surface area contributed by atoms with E-state index in [2.05, 4.69) is 16.0 Å². The molecule has 1 saturated heterocycles. The van der Waals surface area contributed by atoms with Crippen molar-refractivity contribution in [1.82, 2.24) is 10.6 Å². The van der Waals surface area contributed by atoms with Crippen LogP contribution in [0.2, 0.25) is 5.02 Å². The summed E-state index contributed by atoms with van der Waals surface area (Å²) in [5, 5.41) is 8.72. The van der Waals surface area contributed by atoms with Crippen LogP contribution in [-0.2, 0) is 9.53 Å². The van der Waals surface area contributed by atoms with Crippen molar-refractivity contribution in [3.05, 3.63) is 28.8 Å². The first-order valence-corrected chi connectivity index (χ1v) is 7.01. The summed E-state index contributed by atoms with van der Waals surface area (Å²) in [6.45, 7) is 0.651. The number of hydrogen-bond donors (Lipinski definition) is 3. The first-order valence-electron chi connectivity index (χ1n) is 6.63. The molecule has 2 rings (SSSR count). The average Bonchev–Trinajstić information content (AvgIpc) is 2.97. The number of amides is 2. The fraction of sp³-hybridized carbons (Fsp3) is 0.429. The number of ether oxygens (including phenoxy) is 1. The maximum Gasteiger partial charge on any atom is 0.252 e. The monoisotopic (exact) mass is 311 g/mol. The number of anilines is 1. The molecule has 1 aliphatic heterocycles. The summed E-state index contributed by atoms with van der Waals surface area (Å²) < 4.78 is 5.21. The number of nitrogens with one attached hydrogen (secondary N) is 3. The summed E-state index contributed by atoms with van der Waals surface area (Å²) in [4.78, 5) is 23.8. The number of halogens is 1. The van der Waals surface area contributed by atoms with Crippen LogP contribution in [0.3, 0.4) is 0 Å². The third-order valence-electron chi connectivity index (χ3n) is 3.45. The Labute approximate surface area is 128 Å². The molecule has 1 aromatic carbocycles. The summed E-state index contributed by atoms with van der Waals surface area (Å²) in [5.74, 6) is -0.450. The van der Waals surface area contributed by atoms with Crippen LogP contribution in [0.15, 0.2) is 18.2 Å². The lowest BCUT2D eigenvalue weighted by Gasteiger charge is -2.12. The van der Waals surface area contributed by atoms with Crippen LogP contribution in [0.5, 0.6) is 0 Å². The topological polar surface area (TPSA) is 79.5 Å². The second-order valence-corrected chi connectivity index (χ2v) is 5.22. The lowest BCUT2D eigenvalue weighted by atomic mass is 10.1. The summed E-state index contributed by atoms with van der Waals surface area (Å²) in [6, 6.07) is 4.51. The zero-order chi connectivity index (χ0) is 15.4. The third-order valence-corrected chi connectivity index (χ3v) is 3.78. The van der Waals surface area contributed by atoms with Crippen LogP contribution in [0.25, 0.3) is 0 Å². The summed E-state index contributed by atoms with van der Waals surface area (Å²) in [6.07, 6.45) is 0.672. The molecule has 1 heterocycles. The van der Waals surface area contributed by atoms with Gasteiger partial charge in [0.15, 0.2) is 0 Å². The van der Waals surface area contributed by atoms with E-state index in [0.29, 0.717) is 29.2 Å². The van der Waals surface area contributed by atoms with Gasteiger partial charge in [0.05, 0.1) is 22.7 Å². The average molecular weight is 312 g/mol. The summed E-state index contributed by atoms with van der Waals surface area (Å²) >= 11 is 5.97. The van der Waals surface area contributed by atoms with Gasteiger partial charge in [-0.05, 0) is 24.6 Å². The first-order chi connectivity index (χ1) is 10.0. The molecule has 6 nitrogen and oxygen atoms in total. The quantitative estimate of drug-likeness (QED) is 0.775. The van der Waals surface area contributed by atoms with Crippen molar-refractivity contribution in [2.45, 2.75) is 18.6 Å². The van der Waals surface area contributed by atoms with E-state index in [0.717, 1.165) is 0 Å². The molecule has 1 aliphatic rings. The van der Waals surface area contributed by atoms with Crippen molar-refractivity contribution in [2.75, 3.05) is 26.0 Å². The van der Waals surface area contributed by atoms with Crippen molar-refractivity contribution >= 4 is 29.1 Å². The maximum absolute atomic E-state index is 12.1. The van der Waals surface area contributed by atoms with E-state index in [1.165, 1.54) is 7.05 Å². The van der Waals surface area contributed by atoms with Crippen molar-refractivity contribution in [3.63, 3.8) is 0 Å². The largest absolute Gasteiger partial charge is 0.380 e. The number of benzene rings is 1. The van der Waals surface area contributed by atoms with Crippen LogP contribution >= 0.6 is 11.6 Å². The Bertz CT molecular complexity index is 550. The van der Waals surface area contributed by atoms with Gasteiger partial charge < -0.3 is 20.7 Å². The molecule has 1 aromatic rings. The van der Waals surface area contributed by atoms with E-state index in [1.807, 2.05) is 0 Å². The van der Waals surface area contributed by atoms with Gasteiger partial charge in [0, 0.05) is 26.4 Å². The Morgan fingerprint density at radius 1 is 1.43 bits per heavy atom. The minimum absolute atomic E-state index is 0.0485. The number of carbonyl (C=O) groups excluding carboxylic acids is 2. The van der Waals surface area contributed by atoms with Crippen molar-refractivity contribution in [3.8, 4) is 0 Å². The smallest absolute Gasteiger partial charge is 0.252 e. The molecule has 1 fully saturated rings. The van der Waals surface area contributed by atoms with Gasteiger partial charge in [0.25, 0.3) is 5.91 Å². The molecule has 2 unspecified atom stereocenters. The van der Waals surface area contributed by atoms with E-state index in [9.17, 15) is 9.59 Å².